The van der Waals surface area contributed by atoms with Crippen LogP contribution in [0.15, 0.2) is 42.5 Å². The third-order valence-corrected chi connectivity index (χ3v) is 3.12. The number of carbonyl (C=O) groups excluding carboxylic acids is 1. The second kappa shape index (κ2) is 6.65. The summed E-state index contributed by atoms with van der Waals surface area (Å²) >= 11 is 0. The van der Waals surface area contributed by atoms with Gasteiger partial charge in [0.25, 0.3) is 5.69 Å². The van der Waals surface area contributed by atoms with E-state index in [4.69, 9.17) is 0 Å². The number of alkyl halides is 3. The molecule has 126 valence electrons. The van der Waals surface area contributed by atoms with Gasteiger partial charge in [0.2, 0.25) is 0 Å². The molecule has 2 rings (SSSR count). The van der Waals surface area contributed by atoms with E-state index in [-0.39, 0.29) is 17.8 Å². The molecule has 24 heavy (non-hydrogen) atoms. The van der Waals surface area contributed by atoms with Gasteiger partial charge >= 0.3 is 6.18 Å². The highest BCUT2D eigenvalue weighted by Crippen LogP contribution is 2.37. The number of rotatable bonds is 5. The van der Waals surface area contributed by atoms with E-state index >= 15 is 0 Å². The summed E-state index contributed by atoms with van der Waals surface area (Å²) in [6.07, 6.45) is -4.90. The van der Waals surface area contributed by atoms with Crippen LogP contribution >= 0.6 is 0 Å². The number of nitro benzene ring substituents is 1. The van der Waals surface area contributed by atoms with Gasteiger partial charge in [0.05, 0.1) is 11.5 Å². The Morgan fingerprint density at radius 3 is 2.29 bits per heavy atom. The Labute approximate surface area is 133 Å². The van der Waals surface area contributed by atoms with E-state index in [2.05, 4.69) is 5.32 Å². The molecule has 0 fully saturated rings. The number of ketones is 1. The summed E-state index contributed by atoms with van der Waals surface area (Å²) in [6, 6.07) is 7.02. The van der Waals surface area contributed by atoms with Crippen molar-refractivity contribution in [2.75, 3.05) is 11.9 Å². The molecule has 0 saturated heterocycles. The molecule has 0 radical (unpaired) electrons. The third kappa shape index (κ3) is 4.06. The molecule has 9 heteroatoms. The van der Waals surface area contributed by atoms with E-state index in [0.717, 1.165) is 18.2 Å². The van der Waals surface area contributed by atoms with Crippen LogP contribution in [0.2, 0.25) is 0 Å². The molecule has 0 spiro atoms. The number of Topliss-reactive ketones (excluding diaryl/α,β-unsaturated/α-hetero) is 1. The van der Waals surface area contributed by atoms with Crippen molar-refractivity contribution in [3.8, 4) is 0 Å². The van der Waals surface area contributed by atoms with Crippen molar-refractivity contribution >= 4 is 17.2 Å². The van der Waals surface area contributed by atoms with Crippen LogP contribution in [0.5, 0.6) is 0 Å². The Bertz CT molecular complexity index is 773. The van der Waals surface area contributed by atoms with Crippen LogP contribution in [-0.4, -0.2) is 17.3 Å². The second-order valence-electron chi connectivity index (χ2n) is 4.77. The van der Waals surface area contributed by atoms with Gasteiger partial charge in [-0.15, -0.1) is 0 Å². The van der Waals surface area contributed by atoms with Gasteiger partial charge in [-0.25, -0.2) is 4.39 Å². The molecule has 0 amide bonds. The summed E-state index contributed by atoms with van der Waals surface area (Å²) in [4.78, 5) is 21.4. The number of halogens is 4. The third-order valence-electron chi connectivity index (χ3n) is 3.12. The Hall–Kier alpha value is -2.97. The van der Waals surface area contributed by atoms with Gasteiger partial charge in [-0.05, 0) is 36.4 Å². The smallest absolute Gasteiger partial charge is 0.378 e. The molecule has 0 atom stereocenters. The molecule has 0 saturated carbocycles. The predicted molar refractivity (Wildman–Crippen MR) is 77.3 cm³/mol. The minimum absolute atomic E-state index is 0.0941. The van der Waals surface area contributed by atoms with Crippen LogP contribution in [0.4, 0.5) is 28.9 Å². The van der Waals surface area contributed by atoms with E-state index in [0.29, 0.717) is 12.1 Å². The molecule has 0 aliphatic carbocycles. The number of nitrogens with one attached hydrogen (secondary N) is 1. The van der Waals surface area contributed by atoms with E-state index in [9.17, 15) is 32.5 Å². The van der Waals surface area contributed by atoms with Gasteiger partial charge in [-0.3, -0.25) is 14.9 Å². The number of benzene rings is 2. The first-order chi connectivity index (χ1) is 11.2. The summed E-state index contributed by atoms with van der Waals surface area (Å²) in [7, 11) is 0. The predicted octanol–water partition coefficient (Wildman–Crippen LogP) is 4.05. The first-order valence-corrected chi connectivity index (χ1v) is 6.57. The van der Waals surface area contributed by atoms with Crippen LogP contribution in [0.3, 0.4) is 0 Å². The van der Waals surface area contributed by atoms with E-state index in [1.807, 2.05) is 0 Å². The normalized spacial score (nSPS) is 11.2. The number of hydrogen-bond donors (Lipinski definition) is 1. The van der Waals surface area contributed by atoms with Crippen molar-refractivity contribution in [1.82, 2.24) is 0 Å². The van der Waals surface area contributed by atoms with Crippen molar-refractivity contribution in [3.05, 3.63) is 69.5 Å². The van der Waals surface area contributed by atoms with Crippen molar-refractivity contribution in [2.45, 2.75) is 6.18 Å². The number of hydrogen-bond acceptors (Lipinski definition) is 4. The highest BCUT2D eigenvalue weighted by atomic mass is 19.4. The molecule has 0 aliphatic heterocycles. The Morgan fingerprint density at radius 2 is 1.75 bits per heavy atom. The number of carbonyl (C=O) groups is 1. The second-order valence-corrected chi connectivity index (χ2v) is 4.77. The zero-order chi connectivity index (χ0) is 17.9. The van der Waals surface area contributed by atoms with Crippen LogP contribution in [0, 0.1) is 15.9 Å². The summed E-state index contributed by atoms with van der Waals surface area (Å²) in [5.41, 5.74) is -2.39. The van der Waals surface area contributed by atoms with Crippen LogP contribution < -0.4 is 5.32 Å². The molecular formula is C15H10F4N2O3. The fourth-order valence-corrected chi connectivity index (χ4v) is 1.95. The molecule has 0 bridgehead atoms. The monoisotopic (exact) mass is 342 g/mol. The first kappa shape index (κ1) is 17.4. The Morgan fingerprint density at radius 1 is 1.12 bits per heavy atom. The van der Waals surface area contributed by atoms with Crippen LogP contribution in [0.1, 0.15) is 15.9 Å². The molecular weight excluding hydrogens is 332 g/mol. The lowest BCUT2D eigenvalue weighted by atomic mass is 10.1. The maximum atomic E-state index is 12.9. The minimum atomic E-state index is -4.90. The van der Waals surface area contributed by atoms with Crippen molar-refractivity contribution in [3.63, 3.8) is 0 Å². The number of nitrogens with zero attached hydrogens (tertiary/aromatic N) is 1. The fourth-order valence-electron chi connectivity index (χ4n) is 1.95. The first-order valence-electron chi connectivity index (χ1n) is 6.57. The molecule has 2 aromatic rings. The van der Waals surface area contributed by atoms with Crippen LogP contribution in [0.25, 0.3) is 0 Å². The topological polar surface area (TPSA) is 72.2 Å². The molecule has 0 aliphatic rings. The standard InChI is InChI=1S/C15H10F4N2O3/c16-10-3-1-9(2-4-10)14(22)8-20-11-5-6-13(21(23)24)12(7-11)15(17,18)19/h1-7,20H,8H2. The summed E-state index contributed by atoms with van der Waals surface area (Å²) in [5, 5.41) is 13.1. The maximum absolute atomic E-state index is 12.9. The maximum Gasteiger partial charge on any atom is 0.423 e. The Kier molecular flexibility index (Phi) is 4.82. The molecule has 5 nitrogen and oxygen atoms in total. The molecule has 2 aromatic carbocycles. The number of anilines is 1. The van der Waals surface area contributed by atoms with E-state index < -0.39 is 34.0 Å². The molecule has 0 aromatic heterocycles. The van der Waals surface area contributed by atoms with Gasteiger partial charge in [0.15, 0.2) is 5.78 Å². The van der Waals surface area contributed by atoms with Gasteiger partial charge in [0, 0.05) is 17.3 Å². The molecule has 1 N–H and O–H groups in total. The average Bonchev–Trinajstić information content (AvgIpc) is 2.52. The van der Waals surface area contributed by atoms with Crippen molar-refractivity contribution in [2.24, 2.45) is 0 Å². The lowest BCUT2D eigenvalue weighted by Crippen LogP contribution is -2.15. The minimum Gasteiger partial charge on any atom is -0.378 e. The number of nitro groups is 1. The average molecular weight is 342 g/mol. The highest BCUT2D eigenvalue weighted by molar-refractivity contribution is 5.98. The quantitative estimate of drug-likeness (QED) is 0.385. The summed E-state index contributed by atoms with van der Waals surface area (Å²) in [6.45, 7) is -0.346. The summed E-state index contributed by atoms with van der Waals surface area (Å²) in [5.74, 6) is -0.994. The SMILES string of the molecule is O=C(CNc1ccc([N+](=O)[O-])c(C(F)(F)F)c1)c1ccc(F)cc1. The van der Waals surface area contributed by atoms with Gasteiger partial charge < -0.3 is 5.32 Å². The van der Waals surface area contributed by atoms with Crippen molar-refractivity contribution in [1.29, 1.82) is 0 Å². The zero-order valence-corrected chi connectivity index (χ0v) is 11.9. The van der Waals surface area contributed by atoms with Gasteiger partial charge in [-0.2, -0.15) is 13.2 Å². The highest BCUT2D eigenvalue weighted by Gasteiger charge is 2.38. The van der Waals surface area contributed by atoms with E-state index in [1.165, 1.54) is 12.1 Å². The fraction of sp³-hybridized carbons (Fsp3) is 0.133. The molecule has 0 heterocycles. The molecule has 0 unspecified atom stereocenters. The van der Waals surface area contributed by atoms with Gasteiger partial charge in [0.1, 0.15) is 11.4 Å². The lowest BCUT2D eigenvalue weighted by Gasteiger charge is -2.11. The zero-order valence-electron chi connectivity index (χ0n) is 11.9. The van der Waals surface area contributed by atoms with Crippen molar-refractivity contribution < 1.29 is 27.3 Å². The summed E-state index contributed by atoms with van der Waals surface area (Å²) < 4.78 is 51.3. The Balaban J connectivity index is 2.17. The lowest BCUT2D eigenvalue weighted by molar-refractivity contribution is -0.388. The largest absolute Gasteiger partial charge is 0.423 e. The van der Waals surface area contributed by atoms with Gasteiger partial charge in [-0.1, -0.05) is 0 Å². The van der Waals surface area contributed by atoms with E-state index in [1.54, 1.807) is 0 Å². The van der Waals surface area contributed by atoms with Crippen LogP contribution in [-0.2, 0) is 6.18 Å².